The largest absolute Gasteiger partial charge is 0.387 e. The van der Waals surface area contributed by atoms with Gasteiger partial charge in [0.05, 0.1) is 18.8 Å². The Balaban J connectivity index is 2.65. The molecule has 0 aliphatic heterocycles. The summed E-state index contributed by atoms with van der Waals surface area (Å²) in [4.78, 5) is 1.85. The molecule has 1 N–H and O–H groups in total. The Morgan fingerprint density at radius 1 is 1.35 bits per heavy atom. The Morgan fingerprint density at radius 3 is 2.70 bits per heavy atom. The van der Waals surface area contributed by atoms with Gasteiger partial charge in [-0.3, -0.25) is 4.90 Å². The van der Waals surface area contributed by atoms with Crippen molar-refractivity contribution >= 4 is 0 Å². The minimum Gasteiger partial charge on any atom is -0.387 e. The minimum absolute atomic E-state index is 0.232. The van der Waals surface area contributed by atoms with E-state index in [1.165, 1.54) is 6.07 Å². The summed E-state index contributed by atoms with van der Waals surface area (Å²) in [5.41, 5.74) is 0.309. The molecule has 1 aromatic rings. The smallest absolute Gasteiger partial charge is 0.159 e. The number of halogens is 2. The molecule has 0 aliphatic carbocycles. The van der Waals surface area contributed by atoms with E-state index in [-0.39, 0.29) is 6.54 Å². The third kappa shape index (κ3) is 5.21. The van der Waals surface area contributed by atoms with Gasteiger partial charge in [0.1, 0.15) is 0 Å². The molecule has 110 valence electrons. The monoisotopic (exact) mass is 284 g/mol. The average Bonchev–Trinajstić information content (AvgIpc) is 2.44. The molecule has 0 radical (unpaired) electrons. The van der Waals surface area contributed by atoms with Crippen molar-refractivity contribution in [2.24, 2.45) is 0 Å². The van der Waals surface area contributed by atoms with Crippen molar-refractivity contribution in [2.75, 3.05) is 33.4 Å². The second-order valence-corrected chi connectivity index (χ2v) is 4.39. The van der Waals surface area contributed by atoms with Crippen LogP contribution in [0.5, 0.6) is 0 Å². The van der Waals surface area contributed by atoms with E-state index in [4.69, 9.17) is 10.00 Å². The van der Waals surface area contributed by atoms with Crippen molar-refractivity contribution in [3.63, 3.8) is 0 Å². The summed E-state index contributed by atoms with van der Waals surface area (Å²) in [7, 11) is 1.56. The molecule has 6 heteroatoms. The minimum atomic E-state index is -0.984. The van der Waals surface area contributed by atoms with Gasteiger partial charge in [0.2, 0.25) is 0 Å². The predicted molar refractivity (Wildman–Crippen MR) is 69.9 cm³/mol. The number of rotatable bonds is 8. The van der Waals surface area contributed by atoms with Gasteiger partial charge < -0.3 is 9.84 Å². The first-order chi connectivity index (χ1) is 9.58. The summed E-state index contributed by atoms with van der Waals surface area (Å²) < 4.78 is 30.9. The van der Waals surface area contributed by atoms with E-state index in [1.807, 2.05) is 11.0 Å². The van der Waals surface area contributed by atoms with Gasteiger partial charge in [-0.15, -0.1) is 0 Å². The van der Waals surface area contributed by atoms with E-state index in [9.17, 15) is 13.9 Å². The quantitative estimate of drug-likeness (QED) is 0.791. The van der Waals surface area contributed by atoms with Gasteiger partial charge in [-0.25, -0.2) is 8.78 Å². The molecule has 1 atom stereocenters. The van der Waals surface area contributed by atoms with Crippen molar-refractivity contribution in [3.8, 4) is 6.07 Å². The summed E-state index contributed by atoms with van der Waals surface area (Å²) in [5.74, 6) is -1.93. The van der Waals surface area contributed by atoms with Crippen molar-refractivity contribution in [3.05, 3.63) is 35.4 Å². The Labute approximate surface area is 117 Å². The molecule has 0 spiro atoms. The maximum absolute atomic E-state index is 13.1. The molecule has 0 fully saturated rings. The highest BCUT2D eigenvalue weighted by atomic mass is 19.2. The number of benzene rings is 1. The summed E-state index contributed by atoms with van der Waals surface area (Å²) in [6, 6.07) is 5.35. The van der Waals surface area contributed by atoms with Crippen LogP contribution in [0.1, 0.15) is 18.1 Å². The summed E-state index contributed by atoms with van der Waals surface area (Å²) in [5, 5.41) is 18.6. The lowest BCUT2D eigenvalue weighted by molar-refractivity contribution is 0.0899. The lowest BCUT2D eigenvalue weighted by Gasteiger charge is -2.24. The molecule has 0 saturated carbocycles. The number of nitrogens with zero attached hydrogens (tertiary/aromatic N) is 2. The SMILES string of the molecule is COCCN(CCC#N)CC(O)c1ccc(F)c(F)c1. The molecule has 1 unspecified atom stereocenters. The van der Waals surface area contributed by atoms with Gasteiger partial charge in [0.25, 0.3) is 0 Å². The third-order valence-electron chi connectivity index (χ3n) is 2.91. The summed E-state index contributed by atoms with van der Waals surface area (Å²) in [6.45, 7) is 1.74. The van der Waals surface area contributed by atoms with Crippen molar-refractivity contribution in [2.45, 2.75) is 12.5 Å². The second kappa shape index (κ2) is 8.59. The molecule has 0 saturated heterocycles. The number of hydrogen-bond acceptors (Lipinski definition) is 4. The molecule has 1 aromatic carbocycles. The molecular weight excluding hydrogens is 266 g/mol. The van der Waals surface area contributed by atoms with Crippen LogP contribution in [0.15, 0.2) is 18.2 Å². The zero-order valence-electron chi connectivity index (χ0n) is 11.4. The first-order valence-corrected chi connectivity index (χ1v) is 6.29. The predicted octanol–water partition coefficient (Wildman–Crippen LogP) is 1.86. The normalized spacial score (nSPS) is 12.4. The second-order valence-electron chi connectivity index (χ2n) is 4.39. The molecule has 0 heterocycles. The molecule has 1 rings (SSSR count). The number of nitriles is 1. The van der Waals surface area contributed by atoms with Gasteiger partial charge in [0.15, 0.2) is 11.6 Å². The zero-order chi connectivity index (χ0) is 15.0. The van der Waals surface area contributed by atoms with Gasteiger partial charge in [-0.05, 0) is 17.7 Å². The highest BCUT2D eigenvalue weighted by Crippen LogP contribution is 2.17. The lowest BCUT2D eigenvalue weighted by atomic mass is 10.1. The first-order valence-electron chi connectivity index (χ1n) is 6.29. The maximum Gasteiger partial charge on any atom is 0.159 e. The molecule has 0 amide bonds. The van der Waals surface area contributed by atoms with Crippen LogP contribution < -0.4 is 0 Å². The standard InChI is InChI=1S/C14H18F2N2O2/c1-20-8-7-18(6-2-5-17)10-14(19)11-3-4-12(15)13(16)9-11/h3-4,9,14,19H,2,6-8,10H2,1H3. The van der Waals surface area contributed by atoms with E-state index in [0.717, 1.165) is 12.1 Å². The van der Waals surface area contributed by atoms with E-state index in [2.05, 4.69) is 0 Å². The van der Waals surface area contributed by atoms with Crippen LogP contribution in [0.4, 0.5) is 8.78 Å². The molecule has 0 aliphatic rings. The summed E-state index contributed by atoms with van der Waals surface area (Å²) >= 11 is 0. The maximum atomic E-state index is 13.1. The Morgan fingerprint density at radius 2 is 2.10 bits per heavy atom. The summed E-state index contributed by atoms with van der Waals surface area (Å²) in [6.07, 6.45) is -0.616. The van der Waals surface area contributed by atoms with Crippen LogP contribution >= 0.6 is 0 Å². The van der Waals surface area contributed by atoms with Gasteiger partial charge in [-0.2, -0.15) is 5.26 Å². The fraction of sp³-hybridized carbons (Fsp3) is 0.500. The van der Waals surface area contributed by atoms with Crippen LogP contribution in [0.2, 0.25) is 0 Å². The van der Waals surface area contributed by atoms with Crippen molar-refractivity contribution in [1.29, 1.82) is 5.26 Å². The Bertz CT molecular complexity index is 463. The number of methoxy groups -OCH3 is 1. The number of hydrogen-bond donors (Lipinski definition) is 1. The molecule has 20 heavy (non-hydrogen) atoms. The topological polar surface area (TPSA) is 56.5 Å². The lowest BCUT2D eigenvalue weighted by Crippen LogP contribution is -2.32. The van der Waals surface area contributed by atoms with Crippen LogP contribution in [0.25, 0.3) is 0 Å². The Hall–Kier alpha value is -1.55. The van der Waals surface area contributed by atoms with E-state index in [1.54, 1.807) is 7.11 Å². The highest BCUT2D eigenvalue weighted by molar-refractivity contribution is 5.20. The van der Waals surface area contributed by atoms with Gasteiger partial charge in [0, 0.05) is 33.2 Å². The van der Waals surface area contributed by atoms with Crippen LogP contribution in [-0.4, -0.2) is 43.4 Å². The molecule has 0 aromatic heterocycles. The van der Waals surface area contributed by atoms with E-state index in [0.29, 0.717) is 31.7 Å². The first kappa shape index (κ1) is 16.5. The fourth-order valence-corrected chi connectivity index (χ4v) is 1.79. The van der Waals surface area contributed by atoms with Crippen LogP contribution in [-0.2, 0) is 4.74 Å². The number of aliphatic hydroxyl groups is 1. The van der Waals surface area contributed by atoms with E-state index >= 15 is 0 Å². The molecule has 0 bridgehead atoms. The van der Waals surface area contributed by atoms with Crippen molar-refractivity contribution < 1.29 is 18.6 Å². The van der Waals surface area contributed by atoms with Crippen LogP contribution in [0, 0.1) is 23.0 Å². The van der Waals surface area contributed by atoms with Crippen molar-refractivity contribution in [1.82, 2.24) is 4.90 Å². The van der Waals surface area contributed by atoms with E-state index < -0.39 is 17.7 Å². The fourth-order valence-electron chi connectivity index (χ4n) is 1.79. The zero-order valence-corrected chi connectivity index (χ0v) is 11.4. The van der Waals surface area contributed by atoms with Gasteiger partial charge >= 0.3 is 0 Å². The number of ether oxygens (including phenoxy) is 1. The Kier molecular flexibility index (Phi) is 7.09. The van der Waals surface area contributed by atoms with Crippen LogP contribution in [0.3, 0.4) is 0 Å². The molecular formula is C14H18F2N2O2. The molecule has 4 nitrogen and oxygen atoms in total. The third-order valence-corrected chi connectivity index (χ3v) is 2.91. The highest BCUT2D eigenvalue weighted by Gasteiger charge is 2.15. The number of aliphatic hydroxyl groups excluding tert-OH is 1. The average molecular weight is 284 g/mol. The van der Waals surface area contributed by atoms with Gasteiger partial charge in [-0.1, -0.05) is 6.07 Å².